The van der Waals surface area contributed by atoms with E-state index in [1.807, 2.05) is 6.92 Å². The van der Waals surface area contributed by atoms with Crippen molar-refractivity contribution < 1.29 is 13.7 Å². The number of carbonyl (C=O) groups excluding carboxylic acids is 1. The van der Waals surface area contributed by atoms with Crippen molar-refractivity contribution in [2.24, 2.45) is 5.92 Å². The van der Waals surface area contributed by atoms with Crippen molar-refractivity contribution in [3.8, 4) is 11.4 Å². The lowest BCUT2D eigenvalue weighted by molar-refractivity contribution is -0.127. The number of carbonyl (C=O) groups is 1. The Balaban J connectivity index is 1.34. The number of amides is 1. The Labute approximate surface area is 187 Å². The first-order valence-electron chi connectivity index (χ1n) is 11.1. The number of nitrogens with zero attached hydrogens (tertiary/aromatic N) is 3. The van der Waals surface area contributed by atoms with Gasteiger partial charge in [-0.3, -0.25) is 9.69 Å². The SMILES string of the molecule is Cc1ccc(C(C)NC(=O)C2CCCN(Cc3nc(-c4ccc(F)cc4)no3)C2)cc1C. The molecule has 7 heteroatoms. The molecule has 168 valence electrons. The molecular weight excluding hydrogens is 407 g/mol. The van der Waals surface area contributed by atoms with Gasteiger partial charge in [0, 0.05) is 12.1 Å². The zero-order valence-electron chi connectivity index (χ0n) is 18.8. The fourth-order valence-corrected chi connectivity index (χ4v) is 4.09. The van der Waals surface area contributed by atoms with Gasteiger partial charge in [-0.05, 0) is 81.1 Å². The van der Waals surface area contributed by atoms with Crippen molar-refractivity contribution in [1.82, 2.24) is 20.4 Å². The average Bonchev–Trinajstić information content (AvgIpc) is 3.24. The van der Waals surface area contributed by atoms with E-state index in [0.29, 0.717) is 30.4 Å². The largest absolute Gasteiger partial charge is 0.349 e. The minimum atomic E-state index is -0.304. The van der Waals surface area contributed by atoms with Crippen LogP contribution in [0.3, 0.4) is 0 Å². The van der Waals surface area contributed by atoms with Crippen LogP contribution in [0.25, 0.3) is 11.4 Å². The molecule has 6 nitrogen and oxygen atoms in total. The van der Waals surface area contributed by atoms with E-state index >= 15 is 0 Å². The smallest absolute Gasteiger partial charge is 0.241 e. The third-order valence-electron chi connectivity index (χ3n) is 6.20. The fourth-order valence-electron chi connectivity index (χ4n) is 4.09. The summed E-state index contributed by atoms with van der Waals surface area (Å²) in [5.41, 5.74) is 4.30. The standard InChI is InChI=1S/C25H29FN4O2/c1-16-6-7-20(13-17(16)2)18(3)27-25(31)21-5-4-12-30(14-21)15-23-28-24(29-32-23)19-8-10-22(26)11-9-19/h6-11,13,18,21H,4-5,12,14-15H2,1-3H3,(H,27,31). The second-order valence-corrected chi connectivity index (χ2v) is 8.67. The van der Waals surface area contributed by atoms with Crippen LogP contribution in [0.4, 0.5) is 4.39 Å². The molecule has 1 fully saturated rings. The molecule has 1 amide bonds. The van der Waals surface area contributed by atoms with Gasteiger partial charge < -0.3 is 9.84 Å². The fraction of sp³-hybridized carbons (Fsp3) is 0.400. The van der Waals surface area contributed by atoms with Crippen LogP contribution in [0.1, 0.15) is 48.4 Å². The Bertz CT molecular complexity index is 1080. The molecule has 1 aromatic heterocycles. The lowest BCUT2D eigenvalue weighted by Gasteiger charge is -2.31. The van der Waals surface area contributed by atoms with Crippen molar-refractivity contribution in [2.45, 2.75) is 46.2 Å². The van der Waals surface area contributed by atoms with Crippen molar-refractivity contribution in [2.75, 3.05) is 13.1 Å². The normalized spacial score (nSPS) is 17.8. The number of aromatic nitrogens is 2. The van der Waals surface area contributed by atoms with Crippen LogP contribution in [0, 0.1) is 25.6 Å². The molecule has 3 aromatic rings. The number of piperidine rings is 1. The number of benzene rings is 2. The summed E-state index contributed by atoms with van der Waals surface area (Å²) in [6.45, 7) is 8.23. The van der Waals surface area contributed by atoms with Crippen LogP contribution in [0.5, 0.6) is 0 Å². The third kappa shape index (κ3) is 5.22. The van der Waals surface area contributed by atoms with Gasteiger partial charge in [-0.1, -0.05) is 23.4 Å². The summed E-state index contributed by atoms with van der Waals surface area (Å²) in [6.07, 6.45) is 1.81. The first-order chi connectivity index (χ1) is 15.4. The Hall–Kier alpha value is -3.06. The minimum Gasteiger partial charge on any atom is -0.349 e. The van der Waals surface area contributed by atoms with Crippen molar-refractivity contribution in [3.05, 3.63) is 70.9 Å². The molecule has 0 radical (unpaired) electrons. The molecule has 32 heavy (non-hydrogen) atoms. The predicted octanol–water partition coefficient (Wildman–Crippen LogP) is 4.58. The molecule has 4 rings (SSSR count). The molecular formula is C25H29FN4O2. The van der Waals surface area contributed by atoms with Crippen LogP contribution in [0.2, 0.25) is 0 Å². The van der Waals surface area contributed by atoms with Gasteiger partial charge >= 0.3 is 0 Å². The number of hydrogen-bond donors (Lipinski definition) is 1. The Morgan fingerprint density at radius 2 is 2.00 bits per heavy atom. The number of likely N-dealkylation sites (tertiary alicyclic amines) is 1. The molecule has 0 spiro atoms. The summed E-state index contributed by atoms with van der Waals surface area (Å²) in [5.74, 6) is 0.638. The van der Waals surface area contributed by atoms with Gasteiger partial charge in [0.1, 0.15) is 5.82 Å². The second-order valence-electron chi connectivity index (χ2n) is 8.67. The van der Waals surface area contributed by atoms with E-state index in [0.717, 1.165) is 24.9 Å². The Kier molecular flexibility index (Phi) is 6.65. The van der Waals surface area contributed by atoms with Gasteiger partial charge in [0.2, 0.25) is 17.6 Å². The van der Waals surface area contributed by atoms with Gasteiger partial charge in [-0.2, -0.15) is 4.98 Å². The zero-order valence-corrected chi connectivity index (χ0v) is 18.8. The van der Waals surface area contributed by atoms with E-state index in [4.69, 9.17) is 4.52 Å². The maximum absolute atomic E-state index is 13.1. The van der Waals surface area contributed by atoms with Crippen LogP contribution in [-0.4, -0.2) is 34.0 Å². The van der Waals surface area contributed by atoms with Gasteiger partial charge in [0.15, 0.2) is 0 Å². The summed E-state index contributed by atoms with van der Waals surface area (Å²) in [6, 6.07) is 12.3. The maximum Gasteiger partial charge on any atom is 0.241 e. The first kappa shape index (κ1) is 22.1. The number of halogens is 1. The van der Waals surface area contributed by atoms with E-state index in [1.54, 1.807) is 12.1 Å². The molecule has 0 bridgehead atoms. The van der Waals surface area contributed by atoms with E-state index in [9.17, 15) is 9.18 Å². The third-order valence-corrected chi connectivity index (χ3v) is 6.20. The molecule has 1 saturated heterocycles. The quantitative estimate of drug-likeness (QED) is 0.612. The van der Waals surface area contributed by atoms with Crippen molar-refractivity contribution in [3.63, 3.8) is 0 Å². The van der Waals surface area contributed by atoms with Crippen molar-refractivity contribution in [1.29, 1.82) is 0 Å². The lowest BCUT2D eigenvalue weighted by atomic mass is 9.96. The maximum atomic E-state index is 13.1. The lowest BCUT2D eigenvalue weighted by Crippen LogP contribution is -2.43. The molecule has 0 saturated carbocycles. The molecule has 2 unspecified atom stereocenters. The van der Waals surface area contributed by atoms with Crippen LogP contribution < -0.4 is 5.32 Å². The summed E-state index contributed by atoms with van der Waals surface area (Å²) in [7, 11) is 0. The Morgan fingerprint density at radius 1 is 1.22 bits per heavy atom. The highest BCUT2D eigenvalue weighted by Gasteiger charge is 2.28. The predicted molar refractivity (Wildman–Crippen MR) is 120 cm³/mol. The highest BCUT2D eigenvalue weighted by Crippen LogP contribution is 2.22. The number of aryl methyl sites for hydroxylation is 2. The molecule has 2 heterocycles. The number of rotatable bonds is 6. The number of nitrogens with one attached hydrogen (secondary N) is 1. The molecule has 2 atom stereocenters. The van der Waals surface area contributed by atoms with E-state index < -0.39 is 0 Å². The Morgan fingerprint density at radius 3 is 2.75 bits per heavy atom. The molecule has 1 aliphatic rings. The molecule has 1 aliphatic heterocycles. The topological polar surface area (TPSA) is 71.3 Å². The van der Waals surface area contributed by atoms with Crippen LogP contribution >= 0.6 is 0 Å². The highest BCUT2D eigenvalue weighted by molar-refractivity contribution is 5.79. The van der Waals surface area contributed by atoms with Crippen molar-refractivity contribution >= 4 is 5.91 Å². The summed E-state index contributed by atoms with van der Waals surface area (Å²) >= 11 is 0. The van der Waals surface area contributed by atoms with E-state index in [-0.39, 0.29) is 23.7 Å². The van der Waals surface area contributed by atoms with Crippen LogP contribution in [0.15, 0.2) is 47.0 Å². The van der Waals surface area contributed by atoms with E-state index in [1.165, 1.54) is 23.3 Å². The monoisotopic (exact) mass is 436 g/mol. The number of hydrogen-bond acceptors (Lipinski definition) is 5. The summed E-state index contributed by atoms with van der Waals surface area (Å²) in [4.78, 5) is 19.5. The zero-order chi connectivity index (χ0) is 22.7. The second kappa shape index (κ2) is 9.61. The highest BCUT2D eigenvalue weighted by atomic mass is 19.1. The van der Waals surface area contributed by atoms with Gasteiger partial charge in [0.25, 0.3) is 0 Å². The first-order valence-corrected chi connectivity index (χ1v) is 11.1. The van der Waals surface area contributed by atoms with Gasteiger partial charge in [-0.15, -0.1) is 0 Å². The molecule has 1 N–H and O–H groups in total. The van der Waals surface area contributed by atoms with Crippen LogP contribution in [-0.2, 0) is 11.3 Å². The molecule has 2 aromatic carbocycles. The minimum absolute atomic E-state index is 0.0358. The van der Waals surface area contributed by atoms with Gasteiger partial charge in [0.05, 0.1) is 18.5 Å². The average molecular weight is 437 g/mol. The van der Waals surface area contributed by atoms with Gasteiger partial charge in [-0.25, -0.2) is 4.39 Å². The summed E-state index contributed by atoms with van der Waals surface area (Å²) < 4.78 is 18.5. The molecule has 0 aliphatic carbocycles. The van der Waals surface area contributed by atoms with E-state index in [2.05, 4.69) is 52.4 Å². The summed E-state index contributed by atoms with van der Waals surface area (Å²) in [5, 5.41) is 7.19.